The summed E-state index contributed by atoms with van der Waals surface area (Å²) in [6.45, 7) is 0. The number of anilines is 2. The molecular formula is C31H27ClF4N6O4. The molecule has 0 bridgehead atoms. The van der Waals surface area contributed by atoms with Crippen LogP contribution in [0.1, 0.15) is 55.8 Å². The van der Waals surface area contributed by atoms with E-state index in [1.165, 1.54) is 30.5 Å². The Morgan fingerprint density at radius 2 is 1.83 bits per heavy atom. The molecular weight excluding hydrogens is 632 g/mol. The molecule has 3 aromatic rings. The summed E-state index contributed by atoms with van der Waals surface area (Å²) < 4.78 is 56.9. The SMILES string of the molecule is N#Cc1ccnc(N2C(=O)[C@H](O)C[C@H]2CC(=O)N(c2cc(F)cc(F)c2)[C@@H](C(=O)NC2CCC(F)(F)CC2)c2ccccc2Cl)n1. The molecule has 2 heterocycles. The lowest BCUT2D eigenvalue weighted by atomic mass is 9.91. The maximum absolute atomic E-state index is 14.6. The highest BCUT2D eigenvalue weighted by molar-refractivity contribution is 6.31. The van der Waals surface area contributed by atoms with Crippen LogP contribution in [0.5, 0.6) is 0 Å². The predicted molar refractivity (Wildman–Crippen MR) is 157 cm³/mol. The first kappa shape index (κ1) is 32.8. The molecule has 1 aliphatic heterocycles. The van der Waals surface area contributed by atoms with Gasteiger partial charge in [-0.15, -0.1) is 0 Å². The van der Waals surface area contributed by atoms with Crippen molar-refractivity contribution in [1.29, 1.82) is 5.26 Å². The summed E-state index contributed by atoms with van der Waals surface area (Å²) in [6.07, 6.45) is -2.21. The third-order valence-electron chi connectivity index (χ3n) is 7.93. The summed E-state index contributed by atoms with van der Waals surface area (Å²) in [6, 6.07) is 7.93. The van der Waals surface area contributed by atoms with Crippen LogP contribution in [0, 0.1) is 23.0 Å². The minimum absolute atomic E-state index is 0.0299. The molecule has 0 unspecified atom stereocenters. The Kier molecular flexibility index (Phi) is 9.55. The van der Waals surface area contributed by atoms with E-state index in [4.69, 9.17) is 11.6 Å². The van der Waals surface area contributed by atoms with Crippen LogP contribution in [-0.4, -0.2) is 56.9 Å². The number of nitrogens with one attached hydrogen (secondary N) is 1. The number of aliphatic hydroxyl groups excluding tert-OH is 1. The average Bonchev–Trinajstić information content (AvgIpc) is 3.28. The van der Waals surface area contributed by atoms with Gasteiger partial charge in [-0.1, -0.05) is 29.8 Å². The normalized spacial score (nSPS) is 20.2. The molecule has 2 aromatic carbocycles. The number of amides is 3. The van der Waals surface area contributed by atoms with E-state index in [2.05, 4.69) is 15.3 Å². The third kappa shape index (κ3) is 7.11. The lowest BCUT2D eigenvalue weighted by molar-refractivity contribution is -0.128. The van der Waals surface area contributed by atoms with Gasteiger partial charge < -0.3 is 10.4 Å². The molecule has 2 fully saturated rings. The number of alkyl halides is 2. The molecule has 5 rings (SSSR count). The second-order valence-electron chi connectivity index (χ2n) is 11.1. The van der Waals surface area contributed by atoms with Gasteiger partial charge in [0.1, 0.15) is 35.5 Å². The van der Waals surface area contributed by atoms with Gasteiger partial charge in [0.15, 0.2) is 0 Å². The Morgan fingerprint density at radius 3 is 2.48 bits per heavy atom. The van der Waals surface area contributed by atoms with E-state index in [9.17, 15) is 42.3 Å². The van der Waals surface area contributed by atoms with Crippen LogP contribution in [0.4, 0.5) is 29.2 Å². The zero-order valence-corrected chi connectivity index (χ0v) is 24.8. The Bertz CT molecular complexity index is 1680. The summed E-state index contributed by atoms with van der Waals surface area (Å²) in [7, 11) is 0. The molecule has 0 radical (unpaired) electrons. The smallest absolute Gasteiger partial charge is 0.258 e. The standard InChI is InChI=1S/C31H27ClF4N6O4/c32-24-4-2-1-3-23(24)27(28(45)39-19-5-8-31(35,36)9-6-19)41(21-12-17(33)11-18(34)13-21)26(44)15-22-14-25(43)29(46)42(22)30-38-10-7-20(16-37)40-30/h1-4,7,10-13,19,22,25,27,43H,5-6,8-9,14-15H2,(H,39,45)/t22-,25+,27+/m0/s1. The van der Waals surface area contributed by atoms with Gasteiger partial charge in [0.25, 0.3) is 5.91 Å². The van der Waals surface area contributed by atoms with Gasteiger partial charge >= 0.3 is 0 Å². The van der Waals surface area contributed by atoms with E-state index < -0.39 is 78.8 Å². The number of hydrogen-bond acceptors (Lipinski definition) is 7. The first-order valence-electron chi connectivity index (χ1n) is 14.3. The number of rotatable bonds is 8. The molecule has 2 aliphatic rings. The third-order valence-corrected chi connectivity index (χ3v) is 8.27. The van der Waals surface area contributed by atoms with Crippen molar-refractivity contribution in [3.8, 4) is 6.07 Å². The van der Waals surface area contributed by atoms with Crippen molar-refractivity contribution in [2.45, 2.75) is 68.7 Å². The zero-order valence-electron chi connectivity index (χ0n) is 24.0. The van der Waals surface area contributed by atoms with Crippen molar-refractivity contribution < 1.29 is 37.1 Å². The molecule has 1 saturated heterocycles. The summed E-state index contributed by atoms with van der Waals surface area (Å²) in [5, 5.41) is 22.4. The number of carbonyl (C=O) groups is 3. The zero-order chi connectivity index (χ0) is 33.2. The lowest BCUT2D eigenvalue weighted by Crippen LogP contribution is -2.49. The van der Waals surface area contributed by atoms with E-state index in [0.717, 1.165) is 21.9 Å². The molecule has 240 valence electrons. The highest BCUT2D eigenvalue weighted by Gasteiger charge is 2.44. The molecule has 46 heavy (non-hydrogen) atoms. The number of carbonyl (C=O) groups excluding carboxylic acids is 3. The highest BCUT2D eigenvalue weighted by Crippen LogP contribution is 2.37. The molecule has 3 atom stereocenters. The van der Waals surface area contributed by atoms with Crippen LogP contribution in [0.3, 0.4) is 0 Å². The summed E-state index contributed by atoms with van der Waals surface area (Å²) in [4.78, 5) is 51.1. The summed E-state index contributed by atoms with van der Waals surface area (Å²) >= 11 is 6.49. The highest BCUT2D eigenvalue weighted by atomic mass is 35.5. The minimum atomic E-state index is -2.88. The van der Waals surface area contributed by atoms with Crippen LogP contribution in [0.2, 0.25) is 5.02 Å². The number of nitrogens with zero attached hydrogens (tertiary/aromatic N) is 5. The topological polar surface area (TPSA) is 140 Å². The molecule has 1 aliphatic carbocycles. The van der Waals surface area contributed by atoms with Gasteiger partial charge in [-0.05, 0) is 37.1 Å². The van der Waals surface area contributed by atoms with Crippen molar-refractivity contribution in [1.82, 2.24) is 15.3 Å². The largest absolute Gasteiger partial charge is 0.383 e. The van der Waals surface area contributed by atoms with Gasteiger partial charge in [0.05, 0.1) is 11.7 Å². The first-order chi connectivity index (χ1) is 21.9. The quantitative estimate of drug-likeness (QED) is 0.337. The number of aromatic nitrogens is 2. The fourth-order valence-corrected chi connectivity index (χ4v) is 5.98. The first-order valence-corrected chi connectivity index (χ1v) is 14.7. The summed E-state index contributed by atoms with van der Waals surface area (Å²) in [5.41, 5.74) is -0.376. The maximum atomic E-state index is 14.6. The van der Waals surface area contributed by atoms with Gasteiger partial charge in [0.2, 0.25) is 23.7 Å². The second-order valence-corrected chi connectivity index (χ2v) is 11.5. The molecule has 15 heteroatoms. The van der Waals surface area contributed by atoms with Gasteiger partial charge in [-0.2, -0.15) is 5.26 Å². The lowest BCUT2D eigenvalue weighted by Gasteiger charge is -2.35. The Balaban J connectivity index is 1.56. The Labute approximate surface area is 265 Å². The van der Waals surface area contributed by atoms with Crippen LogP contribution in [-0.2, 0) is 14.4 Å². The van der Waals surface area contributed by atoms with E-state index in [1.54, 1.807) is 6.07 Å². The van der Waals surface area contributed by atoms with Gasteiger partial charge in [0, 0.05) is 54.6 Å². The number of aliphatic hydroxyl groups is 1. The van der Waals surface area contributed by atoms with Crippen molar-refractivity contribution in [2.75, 3.05) is 9.80 Å². The Morgan fingerprint density at radius 1 is 1.15 bits per heavy atom. The van der Waals surface area contributed by atoms with Crippen molar-refractivity contribution >= 4 is 41.0 Å². The van der Waals surface area contributed by atoms with Crippen LogP contribution in [0.25, 0.3) is 0 Å². The van der Waals surface area contributed by atoms with Gasteiger partial charge in [-0.3, -0.25) is 24.2 Å². The fraction of sp³-hybridized carbons (Fsp3) is 0.355. The van der Waals surface area contributed by atoms with Gasteiger partial charge in [-0.25, -0.2) is 27.5 Å². The van der Waals surface area contributed by atoms with Crippen LogP contribution < -0.4 is 15.1 Å². The van der Waals surface area contributed by atoms with Crippen LogP contribution in [0.15, 0.2) is 54.7 Å². The van der Waals surface area contributed by atoms with Crippen LogP contribution >= 0.6 is 11.6 Å². The number of hydrogen-bond donors (Lipinski definition) is 2. The molecule has 0 spiro atoms. The Hall–Kier alpha value is -4.61. The van der Waals surface area contributed by atoms with E-state index >= 15 is 0 Å². The number of halogens is 5. The predicted octanol–water partition coefficient (Wildman–Crippen LogP) is 4.60. The van der Waals surface area contributed by atoms with Crippen molar-refractivity contribution in [3.05, 3.63) is 82.6 Å². The molecule has 1 saturated carbocycles. The average molecular weight is 659 g/mol. The summed E-state index contributed by atoms with van der Waals surface area (Å²) in [5.74, 6) is -7.84. The second kappa shape index (κ2) is 13.4. The van der Waals surface area contributed by atoms with E-state index in [0.29, 0.717) is 6.07 Å². The van der Waals surface area contributed by atoms with E-state index in [1.807, 2.05) is 6.07 Å². The molecule has 1 aromatic heterocycles. The molecule has 3 amide bonds. The van der Waals surface area contributed by atoms with Crippen molar-refractivity contribution in [2.24, 2.45) is 0 Å². The monoisotopic (exact) mass is 658 g/mol. The minimum Gasteiger partial charge on any atom is -0.383 e. The maximum Gasteiger partial charge on any atom is 0.258 e. The number of nitriles is 1. The van der Waals surface area contributed by atoms with E-state index in [-0.39, 0.29) is 47.2 Å². The molecule has 2 N–H and O–H groups in total. The van der Waals surface area contributed by atoms with Crippen molar-refractivity contribution in [3.63, 3.8) is 0 Å². The molecule has 10 nitrogen and oxygen atoms in total. The number of benzene rings is 2. The fourth-order valence-electron chi connectivity index (χ4n) is 5.74.